The number of ether oxygens (including phenoxy) is 1. The molecule has 110 valence electrons. The van der Waals surface area contributed by atoms with Crippen molar-refractivity contribution in [1.82, 2.24) is 0 Å². The van der Waals surface area contributed by atoms with Crippen LogP contribution in [0, 0.1) is 24.7 Å². The minimum absolute atomic E-state index is 0.0749. The van der Waals surface area contributed by atoms with Gasteiger partial charge in [-0.05, 0) is 49.1 Å². The molecule has 20 heavy (non-hydrogen) atoms. The van der Waals surface area contributed by atoms with E-state index in [0.29, 0.717) is 23.3 Å². The standard InChI is InChI=1S/C18H26O2/c1-12(2)15-10-9-13(3)11-17(15)20-18(19)16-8-6-5-7-14(16)4/h5-8,12-13,15,17H,9-11H2,1-4H3/t13-,15+,17-/m1/s1. The monoisotopic (exact) mass is 274 g/mol. The Labute approximate surface area is 122 Å². The molecular formula is C18H26O2. The Balaban J connectivity index is 2.10. The van der Waals surface area contributed by atoms with E-state index in [-0.39, 0.29) is 12.1 Å². The average molecular weight is 274 g/mol. The van der Waals surface area contributed by atoms with E-state index in [9.17, 15) is 4.79 Å². The third-order valence-electron chi connectivity index (χ3n) is 4.58. The second kappa shape index (κ2) is 6.43. The summed E-state index contributed by atoms with van der Waals surface area (Å²) in [5.41, 5.74) is 1.69. The zero-order chi connectivity index (χ0) is 14.7. The van der Waals surface area contributed by atoms with Gasteiger partial charge in [0.25, 0.3) is 0 Å². The maximum atomic E-state index is 12.4. The molecule has 0 aliphatic heterocycles. The van der Waals surface area contributed by atoms with Gasteiger partial charge in [-0.25, -0.2) is 4.79 Å². The molecule has 0 amide bonds. The maximum absolute atomic E-state index is 12.4. The van der Waals surface area contributed by atoms with Crippen LogP contribution in [0.4, 0.5) is 0 Å². The molecule has 0 heterocycles. The van der Waals surface area contributed by atoms with Crippen LogP contribution < -0.4 is 0 Å². The first-order valence-corrected chi connectivity index (χ1v) is 7.75. The third kappa shape index (κ3) is 3.41. The fraction of sp³-hybridized carbons (Fsp3) is 0.611. The molecule has 1 saturated carbocycles. The Morgan fingerprint density at radius 2 is 1.95 bits per heavy atom. The van der Waals surface area contributed by atoms with Gasteiger partial charge < -0.3 is 4.74 Å². The molecule has 1 aromatic carbocycles. The molecule has 1 aliphatic carbocycles. The molecule has 0 radical (unpaired) electrons. The summed E-state index contributed by atoms with van der Waals surface area (Å²) in [5, 5.41) is 0. The van der Waals surface area contributed by atoms with Crippen LogP contribution in [0.2, 0.25) is 0 Å². The Morgan fingerprint density at radius 1 is 1.25 bits per heavy atom. The lowest BCUT2D eigenvalue weighted by atomic mass is 9.75. The van der Waals surface area contributed by atoms with Crippen molar-refractivity contribution in [2.24, 2.45) is 17.8 Å². The number of carbonyl (C=O) groups excluding carboxylic acids is 1. The van der Waals surface area contributed by atoms with E-state index in [4.69, 9.17) is 4.74 Å². The van der Waals surface area contributed by atoms with Crippen molar-refractivity contribution in [3.8, 4) is 0 Å². The van der Waals surface area contributed by atoms with Gasteiger partial charge in [-0.15, -0.1) is 0 Å². The fourth-order valence-corrected chi connectivity index (χ4v) is 3.25. The fourth-order valence-electron chi connectivity index (χ4n) is 3.25. The molecule has 0 spiro atoms. The second-order valence-corrected chi connectivity index (χ2v) is 6.58. The summed E-state index contributed by atoms with van der Waals surface area (Å²) in [6, 6.07) is 7.66. The predicted octanol–water partition coefficient (Wildman–Crippen LogP) is 4.61. The Kier molecular flexibility index (Phi) is 4.85. The number of hydrogen-bond donors (Lipinski definition) is 0. The van der Waals surface area contributed by atoms with E-state index >= 15 is 0 Å². The van der Waals surface area contributed by atoms with Crippen molar-refractivity contribution >= 4 is 5.97 Å². The number of hydrogen-bond acceptors (Lipinski definition) is 2. The highest BCUT2D eigenvalue weighted by molar-refractivity contribution is 5.91. The lowest BCUT2D eigenvalue weighted by molar-refractivity contribution is -0.0174. The zero-order valence-electron chi connectivity index (χ0n) is 13.1. The molecular weight excluding hydrogens is 248 g/mol. The van der Waals surface area contributed by atoms with E-state index in [0.717, 1.165) is 12.0 Å². The summed E-state index contributed by atoms with van der Waals surface area (Å²) in [4.78, 5) is 12.4. The SMILES string of the molecule is Cc1ccccc1C(=O)O[C@@H]1C[C@H](C)CC[C@H]1C(C)C. The van der Waals surface area contributed by atoms with Crippen molar-refractivity contribution in [2.45, 2.75) is 53.1 Å². The van der Waals surface area contributed by atoms with Gasteiger partial charge in [0, 0.05) is 0 Å². The van der Waals surface area contributed by atoms with Crippen LogP contribution in [0.1, 0.15) is 56.0 Å². The number of rotatable bonds is 3. The van der Waals surface area contributed by atoms with Crippen LogP contribution in [0.25, 0.3) is 0 Å². The van der Waals surface area contributed by atoms with Crippen LogP contribution in [0.3, 0.4) is 0 Å². The van der Waals surface area contributed by atoms with Crippen LogP contribution in [0.15, 0.2) is 24.3 Å². The Hall–Kier alpha value is -1.31. The number of esters is 1. The van der Waals surface area contributed by atoms with Gasteiger partial charge in [0.2, 0.25) is 0 Å². The molecule has 1 aromatic rings. The van der Waals surface area contributed by atoms with Gasteiger partial charge in [-0.2, -0.15) is 0 Å². The molecule has 1 aliphatic rings. The smallest absolute Gasteiger partial charge is 0.338 e. The first-order valence-electron chi connectivity index (χ1n) is 7.75. The highest BCUT2D eigenvalue weighted by atomic mass is 16.5. The number of carbonyl (C=O) groups is 1. The van der Waals surface area contributed by atoms with E-state index in [1.165, 1.54) is 12.8 Å². The van der Waals surface area contributed by atoms with Crippen molar-refractivity contribution in [1.29, 1.82) is 0 Å². The largest absolute Gasteiger partial charge is 0.458 e. The Bertz CT molecular complexity index is 464. The average Bonchev–Trinajstić information content (AvgIpc) is 2.38. The first-order chi connectivity index (χ1) is 9.49. The zero-order valence-corrected chi connectivity index (χ0v) is 13.1. The summed E-state index contributed by atoms with van der Waals surface area (Å²) >= 11 is 0. The van der Waals surface area contributed by atoms with E-state index < -0.39 is 0 Å². The molecule has 0 N–H and O–H groups in total. The maximum Gasteiger partial charge on any atom is 0.338 e. The lowest BCUT2D eigenvalue weighted by Gasteiger charge is -2.36. The molecule has 0 bridgehead atoms. The third-order valence-corrected chi connectivity index (χ3v) is 4.58. The highest BCUT2D eigenvalue weighted by Crippen LogP contribution is 2.35. The highest BCUT2D eigenvalue weighted by Gasteiger charge is 2.33. The summed E-state index contributed by atoms with van der Waals surface area (Å²) in [6.07, 6.45) is 3.50. The van der Waals surface area contributed by atoms with Crippen LogP contribution in [-0.2, 0) is 4.74 Å². The minimum Gasteiger partial charge on any atom is -0.458 e. The van der Waals surface area contributed by atoms with Crippen molar-refractivity contribution in [2.75, 3.05) is 0 Å². The molecule has 0 unspecified atom stereocenters. The van der Waals surface area contributed by atoms with Gasteiger partial charge in [-0.1, -0.05) is 45.4 Å². The van der Waals surface area contributed by atoms with E-state index in [1.54, 1.807) is 0 Å². The quantitative estimate of drug-likeness (QED) is 0.752. The van der Waals surface area contributed by atoms with Gasteiger partial charge >= 0.3 is 5.97 Å². The number of benzene rings is 1. The summed E-state index contributed by atoms with van der Waals surface area (Å²) in [7, 11) is 0. The first kappa shape index (κ1) is 15.1. The molecule has 1 fully saturated rings. The van der Waals surface area contributed by atoms with Crippen LogP contribution in [0.5, 0.6) is 0 Å². The van der Waals surface area contributed by atoms with Crippen LogP contribution in [-0.4, -0.2) is 12.1 Å². The molecule has 3 atom stereocenters. The summed E-state index contributed by atoms with van der Waals surface area (Å²) < 4.78 is 5.86. The summed E-state index contributed by atoms with van der Waals surface area (Å²) in [5.74, 6) is 1.56. The van der Waals surface area contributed by atoms with Gasteiger partial charge in [-0.3, -0.25) is 0 Å². The molecule has 2 rings (SSSR count). The van der Waals surface area contributed by atoms with Crippen molar-refractivity contribution in [3.05, 3.63) is 35.4 Å². The normalized spacial score (nSPS) is 26.6. The van der Waals surface area contributed by atoms with Crippen LogP contribution >= 0.6 is 0 Å². The second-order valence-electron chi connectivity index (χ2n) is 6.58. The summed E-state index contributed by atoms with van der Waals surface area (Å²) in [6.45, 7) is 8.68. The van der Waals surface area contributed by atoms with Gasteiger partial charge in [0.15, 0.2) is 0 Å². The lowest BCUT2D eigenvalue weighted by Crippen LogP contribution is -2.36. The molecule has 2 nitrogen and oxygen atoms in total. The minimum atomic E-state index is -0.159. The van der Waals surface area contributed by atoms with E-state index in [1.807, 2.05) is 31.2 Å². The topological polar surface area (TPSA) is 26.3 Å². The van der Waals surface area contributed by atoms with Gasteiger partial charge in [0.05, 0.1) is 5.56 Å². The van der Waals surface area contributed by atoms with Crippen molar-refractivity contribution < 1.29 is 9.53 Å². The molecule has 0 aromatic heterocycles. The van der Waals surface area contributed by atoms with Crippen molar-refractivity contribution in [3.63, 3.8) is 0 Å². The van der Waals surface area contributed by atoms with Gasteiger partial charge in [0.1, 0.15) is 6.10 Å². The predicted molar refractivity (Wildman–Crippen MR) is 81.7 cm³/mol. The Morgan fingerprint density at radius 3 is 2.60 bits per heavy atom. The molecule has 2 heteroatoms. The molecule has 0 saturated heterocycles. The number of aryl methyl sites for hydroxylation is 1. The van der Waals surface area contributed by atoms with E-state index in [2.05, 4.69) is 20.8 Å².